The molecular formula is C16H24ClIN4S. The highest BCUT2D eigenvalue weighted by Crippen LogP contribution is 2.17. The Bertz CT molecular complexity index is 624. The van der Waals surface area contributed by atoms with E-state index < -0.39 is 0 Å². The second-order valence-electron chi connectivity index (χ2n) is 5.50. The molecule has 128 valence electrons. The van der Waals surface area contributed by atoms with Crippen LogP contribution in [-0.4, -0.2) is 36.1 Å². The zero-order valence-electron chi connectivity index (χ0n) is 13.9. The molecule has 0 spiro atoms. The van der Waals surface area contributed by atoms with Crippen LogP contribution in [0.25, 0.3) is 0 Å². The van der Waals surface area contributed by atoms with E-state index in [1.165, 1.54) is 5.56 Å². The monoisotopic (exact) mass is 466 g/mol. The van der Waals surface area contributed by atoms with Crippen molar-refractivity contribution in [1.82, 2.24) is 14.8 Å². The maximum absolute atomic E-state index is 6.04. The summed E-state index contributed by atoms with van der Waals surface area (Å²) in [5.74, 6) is 1.35. The standard InChI is InChI=1S/C16H23ClN4S.HI/c1-12(13-5-6-22-11-13)8-19-16(18-2)21(4)10-15-7-14(17)9-20(15)3;/h5-7,9,11-12H,8,10H2,1-4H3,(H,18,19);1H. The molecule has 0 bridgehead atoms. The number of rotatable bonds is 5. The Labute approximate surface area is 164 Å². The summed E-state index contributed by atoms with van der Waals surface area (Å²) in [5.41, 5.74) is 2.52. The molecule has 2 aromatic heterocycles. The van der Waals surface area contributed by atoms with E-state index in [-0.39, 0.29) is 24.0 Å². The van der Waals surface area contributed by atoms with Gasteiger partial charge < -0.3 is 14.8 Å². The first-order valence-electron chi connectivity index (χ1n) is 7.26. The molecule has 1 unspecified atom stereocenters. The fourth-order valence-corrected chi connectivity index (χ4v) is 3.40. The number of aryl methyl sites for hydroxylation is 1. The highest BCUT2D eigenvalue weighted by molar-refractivity contribution is 14.0. The summed E-state index contributed by atoms with van der Waals surface area (Å²) in [4.78, 5) is 6.47. The van der Waals surface area contributed by atoms with Crippen LogP contribution in [0.1, 0.15) is 24.1 Å². The highest BCUT2D eigenvalue weighted by atomic mass is 127. The number of hydrogen-bond acceptors (Lipinski definition) is 2. The molecule has 0 aliphatic carbocycles. The van der Waals surface area contributed by atoms with Gasteiger partial charge in [0.1, 0.15) is 0 Å². The van der Waals surface area contributed by atoms with Crippen molar-refractivity contribution in [3.05, 3.63) is 45.4 Å². The van der Waals surface area contributed by atoms with Gasteiger partial charge in [0.25, 0.3) is 0 Å². The lowest BCUT2D eigenvalue weighted by molar-refractivity contribution is 0.459. The molecule has 0 aromatic carbocycles. The smallest absolute Gasteiger partial charge is 0.193 e. The van der Waals surface area contributed by atoms with Crippen LogP contribution in [0.15, 0.2) is 34.1 Å². The first-order valence-corrected chi connectivity index (χ1v) is 8.58. The number of guanidine groups is 1. The van der Waals surface area contributed by atoms with E-state index >= 15 is 0 Å². The Kier molecular flexibility index (Phi) is 8.42. The SMILES string of the molecule is CN=C(NCC(C)c1ccsc1)N(C)Cc1cc(Cl)cn1C.I. The van der Waals surface area contributed by atoms with E-state index in [4.69, 9.17) is 11.6 Å². The van der Waals surface area contributed by atoms with Crippen LogP contribution in [0.5, 0.6) is 0 Å². The van der Waals surface area contributed by atoms with Crippen LogP contribution in [0.2, 0.25) is 5.02 Å². The fraction of sp³-hybridized carbons (Fsp3) is 0.438. The number of thiophene rings is 1. The molecule has 0 aliphatic rings. The van der Waals surface area contributed by atoms with Gasteiger partial charge in [-0.2, -0.15) is 11.3 Å². The summed E-state index contributed by atoms with van der Waals surface area (Å²) in [5, 5.41) is 8.52. The maximum Gasteiger partial charge on any atom is 0.193 e. The highest BCUT2D eigenvalue weighted by Gasteiger charge is 2.12. The topological polar surface area (TPSA) is 32.6 Å². The molecule has 0 amide bonds. The van der Waals surface area contributed by atoms with Crippen molar-refractivity contribution < 1.29 is 0 Å². The summed E-state index contributed by atoms with van der Waals surface area (Å²) in [6.07, 6.45) is 1.92. The predicted molar refractivity (Wildman–Crippen MR) is 111 cm³/mol. The minimum atomic E-state index is 0. The molecular weight excluding hydrogens is 443 g/mol. The molecule has 0 radical (unpaired) electrons. The van der Waals surface area contributed by atoms with Crippen molar-refractivity contribution in [1.29, 1.82) is 0 Å². The Morgan fingerprint density at radius 3 is 2.78 bits per heavy atom. The number of aliphatic imine (C=N–C) groups is 1. The molecule has 0 aliphatic heterocycles. The summed E-state index contributed by atoms with van der Waals surface area (Å²) in [6, 6.07) is 4.16. The van der Waals surface area contributed by atoms with E-state index in [0.717, 1.165) is 29.8 Å². The molecule has 0 saturated heterocycles. The zero-order chi connectivity index (χ0) is 16.1. The van der Waals surface area contributed by atoms with Crippen LogP contribution in [0.3, 0.4) is 0 Å². The van der Waals surface area contributed by atoms with E-state index in [9.17, 15) is 0 Å². The summed E-state index contributed by atoms with van der Waals surface area (Å²) in [6.45, 7) is 3.84. The average Bonchev–Trinajstić information content (AvgIpc) is 3.10. The first-order chi connectivity index (χ1) is 10.5. The third-order valence-corrected chi connectivity index (χ3v) is 4.63. The minimum absolute atomic E-state index is 0. The van der Waals surface area contributed by atoms with Crippen LogP contribution >= 0.6 is 46.9 Å². The molecule has 0 fully saturated rings. The molecule has 1 atom stereocenters. The van der Waals surface area contributed by atoms with Crippen molar-refractivity contribution >= 4 is 52.9 Å². The van der Waals surface area contributed by atoms with E-state index in [2.05, 4.69) is 39.0 Å². The van der Waals surface area contributed by atoms with E-state index in [0.29, 0.717) is 5.92 Å². The minimum Gasteiger partial charge on any atom is -0.356 e. The van der Waals surface area contributed by atoms with Gasteiger partial charge in [-0.1, -0.05) is 18.5 Å². The van der Waals surface area contributed by atoms with E-state index in [1.807, 2.05) is 38.0 Å². The average molecular weight is 467 g/mol. The van der Waals surface area contributed by atoms with Crippen LogP contribution in [0.4, 0.5) is 0 Å². The maximum atomic E-state index is 6.04. The molecule has 2 rings (SSSR count). The zero-order valence-corrected chi connectivity index (χ0v) is 17.8. The summed E-state index contributed by atoms with van der Waals surface area (Å²) in [7, 11) is 5.85. The van der Waals surface area contributed by atoms with Gasteiger partial charge in [-0.3, -0.25) is 4.99 Å². The predicted octanol–water partition coefficient (Wildman–Crippen LogP) is 4.17. The van der Waals surface area contributed by atoms with Crippen molar-refractivity contribution in [2.24, 2.45) is 12.0 Å². The number of nitrogens with zero attached hydrogens (tertiary/aromatic N) is 3. The number of hydrogen-bond donors (Lipinski definition) is 1. The molecule has 4 nitrogen and oxygen atoms in total. The van der Waals surface area contributed by atoms with Crippen molar-refractivity contribution in [2.75, 3.05) is 20.6 Å². The van der Waals surface area contributed by atoms with Crippen LogP contribution < -0.4 is 5.32 Å². The largest absolute Gasteiger partial charge is 0.356 e. The van der Waals surface area contributed by atoms with Gasteiger partial charge in [0.2, 0.25) is 0 Å². The van der Waals surface area contributed by atoms with Gasteiger partial charge in [-0.05, 0) is 34.4 Å². The Hall–Kier alpha value is -0.730. The third kappa shape index (κ3) is 5.69. The van der Waals surface area contributed by atoms with Crippen molar-refractivity contribution in [3.63, 3.8) is 0 Å². The molecule has 7 heteroatoms. The second kappa shape index (κ2) is 9.54. The lowest BCUT2D eigenvalue weighted by atomic mass is 10.1. The van der Waals surface area contributed by atoms with Crippen LogP contribution in [0, 0.1) is 0 Å². The molecule has 2 heterocycles. The normalized spacial score (nSPS) is 12.7. The van der Waals surface area contributed by atoms with Gasteiger partial charge in [0, 0.05) is 39.6 Å². The Morgan fingerprint density at radius 2 is 2.26 bits per heavy atom. The summed E-state index contributed by atoms with van der Waals surface area (Å²) < 4.78 is 2.04. The lowest BCUT2D eigenvalue weighted by Gasteiger charge is -2.23. The van der Waals surface area contributed by atoms with Crippen molar-refractivity contribution in [3.8, 4) is 0 Å². The van der Waals surface area contributed by atoms with Gasteiger partial charge in [0.05, 0.1) is 11.6 Å². The molecule has 1 N–H and O–H groups in total. The van der Waals surface area contributed by atoms with Gasteiger partial charge in [-0.15, -0.1) is 24.0 Å². The van der Waals surface area contributed by atoms with Gasteiger partial charge in [-0.25, -0.2) is 0 Å². The Morgan fingerprint density at radius 1 is 1.52 bits per heavy atom. The van der Waals surface area contributed by atoms with Crippen molar-refractivity contribution in [2.45, 2.75) is 19.4 Å². The molecule has 0 saturated carbocycles. The first kappa shape index (κ1) is 20.3. The number of halogens is 2. The lowest BCUT2D eigenvalue weighted by Crippen LogP contribution is -2.40. The third-order valence-electron chi connectivity index (χ3n) is 3.73. The molecule has 2 aromatic rings. The Balaban J connectivity index is 0.00000264. The van der Waals surface area contributed by atoms with Gasteiger partial charge >= 0.3 is 0 Å². The number of nitrogens with one attached hydrogen (secondary N) is 1. The summed E-state index contributed by atoms with van der Waals surface area (Å²) >= 11 is 7.77. The molecule has 23 heavy (non-hydrogen) atoms. The number of aromatic nitrogens is 1. The fourth-order valence-electron chi connectivity index (χ4n) is 2.34. The second-order valence-corrected chi connectivity index (χ2v) is 6.72. The van der Waals surface area contributed by atoms with E-state index in [1.54, 1.807) is 11.3 Å². The van der Waals surface area contributed by atoms with Crippen LogP contribution in [-0.2, 0) is 13.6 Å². The van der Waals surface area contributed by atoms with Gasteiger partial charge in [0.15, 0.2) is 5.96 Å². The quantitative estimate of drug-likeness (QED) is 0.407.